The molecular weight excluding hydrogens is 1000 g/mol. The minimum absolute atomic E-state index is 0.0133. The first kappa shape index (κ1) is 66.6. The number of hydrogen-bond donors (Lipinski definition) is 17. The topological polar surface area (TPSA) is 537 Å². The maximum atomic E-state index is 13.9. The highest BCUT2D eigenvalue weighted by molar-refractivity contribution is 5.98. The van der Waals surface area contributed by atoms with Crippen LogP contribution in [0.1, 0.15) is 111 Å². The molecule has 0 saturated carbocycles. The number of hydrogen-bond acceptors (Lipinski definition) is 16. The van der Waals surface area contributed by atoms with Crippen LogP contribution in [-0.2, 0) is 52.7 Å². The second-order valence-corrected chi connectivity index (χ2v) is 18.6. The average Bonchev–Trinajstić information content (AvgIpc) is 3.84. The number of amides is 8. The van der Waals surface area contributed by atoms with Gasteiger partial charge < -0.3 is 96.9 Å². The summed E-state index contributed by atoms with van der Waals surface area (Å²) in [4.78, 5) is 153. The number of aliphatic hydroxyl groups excluding tert-OH is 1. The third kappa shape index (κ3) is 25.7. The number of likely N-dealkylation sites (tertiary alicyclic amines) is 1. The minimum atomic E-state index is -1.70. The molecule has 0 aromatic carbocycles. The number of carboxylic acid groups (broad SMARTS) is 3. The van der Waals surface area contributed by atoms with E-state index in [2.05, 4.69) is 47.2 Å². The molecular formula is C45H80N16O15. The van der Waals surface area contributed by atoms with E-state index in [1.165, 1.54) is 6.92 Å². The van der Waals surface area contributed by atoms with Crippen molar-refractivity contribution in [2.75, 3.05) is 32.8 Å². The summed E-state index contributed by atoms with van der Waals surface area (Å²) in [6.07, 6.45) is -0.563. The Bertz CT molecular complexity index is 2050. The van der Waals surface area contributed by atoms with Gasteiger partial charge in [-0.25, -0.2) is 4.79 Å². The van der Waals surface area contributed by atoms with Crippen molar-refractivity contribution in [3.8, 4) is 0 Å². The Morgan fingerprint density at radius 2 is 1.01 bits per heavy atom. The molecule has 8 amide bonds. The maximum Gasteiger partial charge on any atom is 0.326 e. The fourth-order valence-corrected chi connectivity index (χ4v) is 7.71. The van der Waals surface area contributed by atoms with Gasteiger partial charge in [-0.1, -0.05) is 20.3 Å². The molecule has 1 fully saturated rings. The van der Waals surface area contributed by atoms with E-state index in [9.17, 15) is 73.2 Å². The fraction of sp³-hybridized carbons (Fsp3) is 0.711. The largest absolute Gasteiger partial charge is 0.481 e. The molecule has 430 valence electrons. The van der Waals surface area contributed by atoms with Crippen molar-refractivity contribution in [3.05, 3.63) is 0 Å². The lowest BCUT2D eigenvalue weighted by molar-refractivity contribution is -0.143. The zero-order valence-electron chi connectivity index (χ0n) is 43.3. The van der Waals surface area contributed by atoms with Crippen LogP contribution >= 0.6 is 0 Å². The number of nitrogens with two attached hydrogens (primary N) is 6. The second kappa shape index (κ2) is 35.0. The summed E-state index contributed by atoms with van der Waals surface area (Å²) in [5.41, 5.74) is 33.0. The molecule has 1 aliphatic heterocycles. The number of nitrogens with one attached hydrogen (secondary N) is 7. The molecule has 1 rings (SSSR count). The highest BCUT2D eigenvalue weighted by Crippen LogP contribution is 2.19. The molecule has 0 unspecified atom stereocenters. The molecule has 1 aliphatic rings. The standard InChI is InChI=1S/C45H80N16O15/c1-23(2)21-30(39(71)58-29(43(75)76)11-7-19-53-45(50)51)59-40(72)31(22-62)60-41(73)32-12-8-20-61(32)42(74)24(3)54-36(68)27(13-15-33(63)64)56-38(70)28(14-16-34(65)66)57-37(69)26(10-6-18-52-44(48)49)55-35(67)25(47)9-4-5-17-46/h23-32,62H,4-22,46-47H2,1-3H3,(H,54,68)(H,55,67)(H,56,70)(H,57,69)(H,58,71)(H,59,72)(H,60,73)(H,63,64)(H,65,66)(H,75,76)(H4,48,49,52)(H4,50,51,53)/t24-,25-,26-,27-,28-,29-,30-,31-,32-/m0/s1. The normalized spacial score (nSPS) is 16.1. The van der Waals surface area contributed by atoms with Crippen LogP contribution in [-0.4, -0.2) is 190 Å². The molecule has 31 nitrogen and oxygen atoms in total. The monoisotopic (exact) mass is 1080 g/mol. The first-order valence-corrected chi connectivity index (χ1v) is 25.0. The number of aliphatic imine (C=N–C) groups is 2. The quantitative estimate of drug-likeness (QED) is 0.0156. The predicted octanol–water partition coefficient (Wildman–Crippen LogP) is -6.19. The molecule has 9 atom stereocenters. The number of aliphatic carboxylic acids is 3. The highest BCUT2D eigenvalue weighted by Gasteiger charge is 2.39. The smallest absolute Gasteiger partial charge is 0.326 e. The molecule has 0 aromatic rings. The molecule has 31 heteroatoms. The van der Waals surface area contributed by atoms with Gasteiger partial charge in [0.15, 0.2) is 11.9 Å². The van der Waals surface area contributed by atoms with Crippen molar-refractivity contribution in [1.29, 1.82) is 0 Å². The van der Waals surface area contributed by atoms with Crippen molar-refractivity contribution in [2.45, 2.75) is 165 Å². The second-order valence-electron chi connectivity index (χ2n) is 18.6. The molecule has 0 radical (unpaired) electrons. The summed E-state index contributed by atoms with van der Waals surface area (Å²) >= 11 is 0. The van der Waals surface area contributed by atoms with E-state index in [-0.39, 0.29) is 88.8 Å². The molecule has 0 aromatic heterocycles. The number of guanidine groups is 2. The van der Waals surface area contributed by atoms with Crippen LogP contribution in [0.15, 0.2) is 9.98 Å². The van der Waals surface area contributed by atoms with Gasteiger partial charge in [-0.15, -0.1) is 0 Å². The molecule has 0 spiro atoms. The average molecular weight is 1090 g/mol. The van der Waals surface area contributed by atoms with E-state index < -0.39 is 152 Å². The summed E-state index contributed by atoms with van der Waals surface area (Å²) in [6.45, 7) is 4.23. The molecule has 0 bridgehead atoms. The lowest BCUT2D eigenvalue weighted by Gasteiger charge is -2.30. The van der Waals surface area contributed by atoms with Gasteiger partial charge in [0, 0.05) is 32.5 Å². The Balaban J connectivity index is 3.26. The van der Waals surface area contributed by atoms with Gasteiger partial charge in [0.05, 0.1) is 12.6 Å². The Hall–Kier alpha value is -7.41. The van der Waals surface area contributed by atoms with Crippen LogP contribution in [0.5, 0.6) is 0 Å². The first-order valence-electron chi connectivity index (χ1n) is 25.0. The number of aliphatic hydroxyl groups is 1. The van der Waals surface area contributed by atoms with Gasteiger partial charge in [-0.05, 0) is 90.0 Å². The number of unbranched alkanes of at least 4 members (excludes halogenated alkanes) is 1. The van der Waals surface area contributed by atoms with Crippen LogP contribution in [0.2, 0.25) is 0 Å². The molecule has 76 heavy (non-hydrogen) atoms. The Labute approximate surface area is 439 Å². The maximum absolute atomic E-state index is 13.9. The summed E-state index contributed by atoms with van der Waals surface area (Å²) in [6, 6.07) is -12.8. The molecule has 1 saturated heterocycles. The molecule has 0 aliphatic carbocycles. The van der Waals surface area contributed by atoms with Gasteiger partial charge >= 0.3 is 17.9 Å². The minimum Gasteiger partial charge on any atom is -0.481 e. The van der Waals surface area contributed by atoms with E-state index in [0.717, 1.165) is 4.90 Å². The van der Waals surface area contributed by atoms with E-state index in [4.69, 9.17) is 34.4 Å². The van der Waals surface area contributed by atoms with Crippen LogP contribution < -0.4 is 71.6 Å². The van der Waals surface area contributed by atoms with Gasteiger partial charge in [-0.2, -0.15) is 0 Å². The Morgan fingerprint density at radius 1 is 0.566 bits per heavy atom. The van der Waals surface area contributed by atoms with Crippen molar-refractivity contribution >= 4 is 77.1 Å². The van der Waals surface area contributed by atoms with Crippen LogP contribution in [0.4, 0.5) is 0 Å². The van der Waals surface area contributed by atoms with Crippen molar-refractivity contribution in [3.63, 3.8) is 0 Å². The number of carbonyl (C=O) groups is 11. The lowest BCUT2D eigenvalue weighted by atomic mass is 10.0. The number of nitrogens with zero attached hydrogens (tertiary/aromatic N) is 3. The summed E-state index contributed by atoms with van der Waals surface area (Å²) < 4.78 is 0. The zero-order chi connectivity index (χ0) is 57.7. The van der Waals surface area contributed by atoms with Crippen molar-refractivity contribution in [2.24, 2.45) is 50.3 Å². The predicted molar refractivity (Wildman–Crippen MR) is 273 cm³/mol. The zero-order valence-corrected chi connectivity index (χ0v) is 43.3. The highest BCUT2D eigenvalue weighted by atomic mass is 16.4. The summed E-state index contributed by atoms with van der Waals surface area (Å²) in [5, 5.41) is 55.7. The SMILES string of the molecule is CC(C)C[C@H](NC(=O)[C@H](CO)NC(=O)[C@@H]1CCCN1C(=O)[C@H](C)NC(=O)[C@H](CCC(=O)O)NC(=O)[C@H](CCC(=O)O)NC(=O)[C@H](CCCN=C(N)N)NC(=O)[C@@H](N)CCCCN)C(=O)N[C@@H](CCCN=C(N)N)C(=O)O. The fourth-order valence-electron chi connectivity index (χ4n) is 7.71. The Morgan fingerprint density at radius 3 is 1.49 bits per heavy atom. The number of carboxylic acids is 3. The van der Waals surface area contributed by atoms with Crippen molar-refractivity contribution < 1.29 is 73.2 Å². The van der Waals surface area contributed by atoms with Gasteiger partial charge in [0.2, 0.25) is 47.3 Å². The Kier molecular flexibility index (Phi) is 30.6. The first-order chi connectivity index (χ1) is 35.7. The summed E-state index contributed by atoms with van der Waals surface area (Å²) in [5.74, 6) is -12.2. The van der Waals surface area contributed by atoms with Gasteiger partial charge in [0.25, 0.3) is 0 Å². The van der Waals surface area contributed by atoms with E-state index in [1.807, 2.05) is 0 Å². The van der Waals surface area contributed by atoms with E-state index in [0.29, 0.717) is 19.4 Å². The van der Waals surface area contributed by atoms with Crippen LogP contribution in [0.25, 0.3) is 0 Å². The van der Waals surface area contributed by atoms with Gasteiger partial charge in [0.1, 0.15) is 48.3 Å². The van der Waals surface area contributed by atoms with Gasteiger partial charge in [-0.3, -0.25) is 57.9 Å². The molecule has 23 N–H and O–H groups in total. The number of carbonyl (C=O) groups excluding carboxylic acids is 8. The third-order valence-corrected chi connectivity index (χ3v) is 11.7. The lowest BCUT2D eigenvalue weighted by Crippen LogP contribution is -2.60. The van der Waals surface area contributed by atoms with Crippen molar-refractivity contribution in [1.82, 2.24) is 42.1 Å². The van der Waals surface area contributed by atoms with E-state index >= 15 is 0 Å². The summed E-state index contributed by atoms with van der Waals surface area (Å²) in [7, 11) is 0. The van der Waals surface area contributed by atoms with Crippen LogP contribution in [0.3, 0.4) is 0 Å². The van der Waals surface area contributed by atoms with E-state index in [1.54, 1.807) is 13.8 Å². The molecule has 1 heterocycles. The third-order valence-electron chi connectivity index (χ3n) is 11.7. The number of rotatable bonds is 37. The van der Waals surface area contributed by atoms with Crippen LogP contribution in [0, 0.1) is 5.92 Å².